The highest BCUT2D eigenvalue weighted by Crippen LogP contribution is 2.31. The van der Waals surface area contributed by atoms with Gasteiger partial charge in [-0.15, -0.1) is 0 Å². The highest BCUT2D eigenvalue weighted by atomic mass is 16.6. The van der Waals surface area contributed by atoms with E-state index in [2.05, 4.69) is 13.8 Å². The molecule has 4 heteroatoms. The number of nitro groups is 1. The first-order valence-corrected chi connectivity index (χ1v) is 6.15. The molecule has 0 aliphatic heterocycles. The summed E-state index contributed by atoms with van der Waals surface area (Å²) in [5.41, 5.74) is 0. The number of carbonyl (C=O) groups is 1. The molecule has 0 radical (unpaired) electrons. The van der Waals surface area contributed by atoms with E-state index in [1.807, 2.05) is 0 Å². The Morgan fingerprint density at radius 3 is 2.62 bits per heavy atom. The molecule has 0 aromatic rings. The van der Waals surface area contributed by atoms with Crippen molar-refractivity contribution in [3.05, 3.63) is 10.1 Å². The molecule has 0 heterocycles. The highest BCUT2D eigenvalue weighted by Gasteiger charge is 2.33. The fraction of sp³-hybridized carbons (Fsp3) is 0.917. The average Bonchev–Trinajstić information content (AvgIpc) is 2.15. The zero-order chi connectivity index (χ0) is 12.1. The van der Waals surface area contributed by atoms with Crippen molar-refractivity contribution in [1.82, 2.24) is 0 Å². The van der Waals surface area contributed by atoms with Gasteiger partial charge in [-0.3, -0.25) is 14.9 Å². The first-order valence-electron chi connectivity index (χ1n) is 6.15. The molecule has 1 aliphatic rings. The molecule has 0 N–H and O–H groups in total. The van der Waals surface area contributed by atoms with Gasteiger partial charge in [-0.1, -0.05) is 20.3 Å². The summed E-state index contributed by atoms with van der Waals surface area (Å²) < 4.78 is 0. The second kappa shape index (κ2) is 5.97. The molecule has 1 fully saturated rings. The van der Waals surface area contributed by atoms with Gasteiger partial charge in [-0.05, 0) is 25.2 Å². The number of hydrogen-bond acceptors (Lipinski definition) is 3. The lowest BCUT2D eigenvalue weighted by Crippen LogP contribution is -2.32. The number of ketones is 1. The van der Waals surface area contributed by atoms with Crippen molar-refractivity contribution in [2.24, 2.45) is 17.8 Å². The number of Topliss-reactive ketones (excluding diaryl/α,β-unsaturated/α-hetero) is 1. The molecule has 0 bridgehead atoms. The molecular weight excluding hydrogens is 206 g/mol. The van der Waals surface area contributed by atoms with E-state index < -0.39 is 0 Å². The Balaban J connectivity index is 2.65. The van der Waals surface area contributed by atoms with Crippen LogP contribution in [-0.4, -0.2) is 17.3 Å². The smallest absolute Gasteiger partial charge is 0.207 e. The van der Waals surface area contributed by atoms with E-state index in [0.717, 1.165) is 25.7 Å². The number of nitrogens with zero attached hydrogens (tertiary/aromatic N) is 1. The van der Waals surface area contributed by atoms with Gasteiger partial charge in [-0.25, -0.2) is 0 Å². The molecule has 16 heavy (non-hydrogen) atoms. The van der Waals surface area contributed by atoms with Gasteiger partial charge in [0.2, 0.25) is 6.54 Å². The third-order valence-electron chi connectivity index (χ3n) is 3.33. The maximum atomic E-state index is 11.8. The zero-order valence-corrected chi connectivity index (χ0v) is 10.1. The van der Waals surface area contributed by atoms with Gasteiger partial charge in [0.1, 0.15) is 5.78 Å². The second-order valence-electron chi connectivity index (χ2n) is 5.22. The summed E-state index contributed by atoms with van der Waals surface area (Å²) in [6.07, 6.45) is 4.27. The summed E-state index contributed by atoms with van der Waals surface area (Å²) in [6.45, 7) is 4.06. The van der Waals surface area contributed by atoms with Gasteiger partial charge in [0.05, 0.1) is 0 Å². The first-order chi connectivity index (χ1) is 7.50. The van der Waals surface area contributed by atoms with Crippen molar-refractivity contribution in [3.8, 4) is 0 Å². The molecular formula is C12H21NO3. The van der Waals surface area contributed by atoms with Gasteiger partial charge in [0.25, 0.3) is 0 Å². The predicted octanol–water partition coefficient (Wildman–Crippen LogP) is 2.68. The van der Waals surface area contributed by atoms with Crippen molar-refractivity contribution in [2.45, 2.75) is 46.0 Å². The molecule has 0 spiro atoms. The van der Waals surface area contributed by atoms with Crippen LogP contribution in [0.2, 0.25) is 0 Å². The van der Waals surface area contributed by atoms with E-state index in [1.54, 1.807) is 0 Å². The van der Waals surface area contributed by atoms with Crippen LogP contribution in [0.15, 0.2) is 0 Å². The molecule has 1 rings (SSSR count). The van der Waals surface area contributed by atoms with Crippen molar-refractivity contribution < 1.29 is 9.72 Å². The molecule has 0 saturated heterocycles. The lowest BCUT2D eigenvalue weighted by molar-refractivity contribution is -0.490. The van der Waals surface area contributed by atoms with Crippen molar-refractivity contribution >= 4 is 5.78 Å². The van der Waals surface area contributed by atoms with Crippen LogP contribution in [0, 0.1) is 27.9 Å². The first kappa shape index (κ1) is 13.1. The normalized spacial score (nSPS) is 23.4. The van der Waals surface area contributed by atoms with E-state index in [1.165, 1.54) is 0 Å². The number of carbonyl (C=O) groups excluding carboxylic acids is 1. The number of hydrogen-bond donors (Lipinski definition) is 0. The van der Waals surface area contributed by atoms with Crippen LogP contribution in [0.25, 0.3) is 0 Å². The lowest BCUT2D eigenvalue weighted by Gasteiger charge is -2.27. The lowest BCUT2D eigenvalue weighted by atomic mass is 9.76. The van der Waals surface area contributed by atoms with E-state index in [9.17, 15) is 14.9 Å². The van der Waals surface area contributed by atoms with E-state index in [4.69, 9.17) is 0 Å². The minimum atomic E-state index is -0.269. The largest absolute Gasteiger partial charge is 0.299 e. The van der Waals surface area contributed by atoms with Crippen molar-refractivity contribution in [1.29, 1.82) is 0 Å². The monoisotopic (exact) mass is 227 g/mol. The third kappa shape index (κ3) is 3.91. The van der Waals surface area contributed by atoms with Crippen LogP contribution in [-0.2, 0) is 4.79 Å². The Morgan fingerprint density at radius 2 is 2.12 bits per heavy atom. The quantitative estimate of drug-likeness (QED) is 0.536. The Bertz CT molecular complexity index is 263. The molecule has 0 amide bonds. The maximum Gasteiger partial charge on any atom is 0.207 e. The van der Waals surface area contributed by atoms with Crippen LogP contribution >= 0.6 is 0 Å². The minimum Gasteiger partial charge on any atom is -0.299 e. The van der Waals surface area contributed by atoms with E-state index in [-0.39, 0.29) is 29.1 Å². The van der Waals surface area contributed by atoms with Gasteiger partial charge >= 0.3 is 0 Å². The Kier molecular flexibility index (Phi) is 4.90. The maximum absolute atomic E-state index is 11.8. The molecule has 1 saturated carbocycles. The summed E-state index contributed by atoms with van der Waals surface area (Å²) >= 11 is 0. The van der Waals surface area contributed by atoms with E-state index >= 15 is 0 Å². The van der Waals surface area contributed by atoms with Crippen LogP contribution in [0.1, 0.15) is 46.0 Å². The fourth-order valence-corrected chi connectivity index (χ4v) is 2.67. The van der Waals surface area contributed by atoms with Gasteiger partial charge in [0.15, 0.2) is 0 Å². The fourth-order valence-electron chi connectivity index (χ4n) is 2.67. The SMILES string of the molecule is CC(C)C[C@H](C[N+](=O)[O-])[C@@H]1CCCCC1=O. The summed E-state index contributed by atoms with van der Waals surface area (Å²) in [6, 6.07) is 0. The molecule has 0 unspecified atom stereocenters. The van der Waals surface area contributed by atoms with E-state index in [0.29, 0.717) is 12.3 Å². The Hall–Kier alpha value is -0.930. The van der Waals surface area contributed by atoms with Crippen molar-refractivity contribution in [2.75, 3.05) is 6.54 Å². The van der Waals surface area contributed by atoms with Gasteiger partial charge in [0, 0.05) is 23.2 Å². The molecule has 2 atom stereocenters. The number of rotatable bonds is 5. The van der Waals surface area contributed by atoms with Crippen LogP contribution in [0.3, 0.4) is 0 Å². The Morgan fingerprint density at radius 1 is 1.44 bits per heavy atom. The predicted molar refractivity (Wildman–Crippen MR) is 61.8 cm³/mol. The van der Waals surface area contributed by atoms with Crippen LogP contribution < -0.4 is 0 Å². The average molecular weight is 227 g/mol. The summed E-state index contributed by atoms with van der Waals surface area (Å²) in [5, 5.41) is 10.6. The van der Waals surface area contributed by atoms with Crippen LogP contribution in [0.5, 0.6) is 0 Å². The molecule has 0 aromatic heterocycles. The second-order valence-corrected chi connectivity index (χ2v) is 5.22. The zero-order valence-electron chi connectivity index (χ0n) is 10.1. The van der Waals surface area contributed by atoms with Gasteiger partial charge in [-0.2, -0.15) is 0 Å². The summed E-state index contributed by atoms with van der Waals surface area (Å²) in [5.74, 6) is 0.558. The topological polar surface area (TPSA) is 60.2 Å². The summed E-state index contributed by atoms with van der Waals surface area (Å²) in [7, 11) is 0. The molecule has 1 aliphatic carbocycles. The molecule has 92 valence electrons. The standard InChI is InChI=1S/C12H21NO3/c1-9(2)7-10(8-13(15)16)11-5-3-4-6-12(11)14/h9-11H,3-8H2,1-2H3/t10-,11+/m1/s1. The summed E-state index contributed by atoms with van der Waals surface area (Å²) in [4.78, 5) is 22.1. The van der Waals surface area contributed by atoms with Gasteiger partial charge < -0.3 is 0 Å². The minimum absolute atomic E-state index is 0.0470. The third-order valence-corrected chi connectivity index (χ3v) is 3.33. The highest BCUT2D eigenvalue weighted by molar-refractivity contribution is 5.81. The van der Waals surface area contributed by atoms with Crippen LogP contribution in [0.4, 0.5) is 0 Å². The Labute approximate surface area is 96.6 Å². The molecule has 0 aromatic carbocycles. The van der Waals surface area contributed by atoms with Crippen molar-refractivity contribution in [3.63, 3.8) is 0 Å². The molecule has 4 nitrogen and oxygen atoms in total.